The quantitative estimate of drug-likeness (QED) is 0.372. The van der Waals surface area contributed by atoms with E-state index in [1.807, 2.05) is 4.90 Å². The lowest BCUT2D eigenvalue weighted by molar-refractivity contribution is 0.0811. The van der Waals surface area contributed by atoms with Crippen LogP contribution in [-0.2, 0) is 0 Å². The topological polar surface area (TPSA) is 77.2 Å². The molecular weight excluding hydrogens is 455 g/mol. The normalized spacial score (nSPS) is 18.9. The number of nitrogens with zero attached hydrogens (tertiary/aromatic N) is 5. The van der Waals surface area contributed by atoms with Gasteiger partial charge in [-0.05, 0) is 18.1 Å². The molecule has 3 aromatic heterocycles. The van der Waals surface area contributed by atoms with Crippen molar-refractivity contribution >= 4 is 27.6 Å². The predicted octanol–water partition coefficient (Wildman–Crippen LogP) is 5.09. The van der Waals surface area contributed by atoms with Crippen molar-refractivity contribution < 1.29 is 22.4 Å². The number of hydrogen-bond donors (Lipinski definition) is 0. The number of piperidine rings is 1. The molecule has 33 heavy (non-hydrogen) atoms. The van der Waals surface area contributed by atoms with Gasteiger partial charge in [0.25, 0.3) is 0 Å². The van der Waals surface area contributed by atoms with Gasteiger partial charge in [-0.1, -0.05) is 19.0 Å². The third kappa shape index (κ3) is 3.90. The highest BCUT2D eigenvalue weighted by Gasteiger charge is 2.35. The number of halogens is 3. The Balaban J connectivity index is 1.45. The first-order valence-electron chi connectivity index (χ1n) is 10.5. The Morgan fingerprint density at radius 2 is 1.94 bits per heavy atom. The molecule has 11 heteroatoms. The predicted molar refractivity (Wildman–Crippen MR) is 117 cm³/mol. The molecule has 1 saturated heterocycles. The molecule has 0 amide bonds. The summed E-state index contributed by atoms with van der Waals surface area (Å²) in [4.78, 5) is 14.8. The summed E-state index contributed by atoms with van der Waals surface area (Å²) in [5.41, 5.74) is 0.738. The Morgan fingerprint density at radius 3 is 2.70 bits per heavy atom. The number of anilines is 1. The van der Waals surface area contributed by atoms with Gasteiger partial charge in [-0.15, -0.1) is 11.3 Å². The van der Waals surface area contributed by atoms with Gasteiger partial charge < -0.3 is 14.2 Å². The number of aromatic nitrogens is 4. The van der Waals surface area contributed by atoms with Crippen molar-refractivity contribution in [2.45, 2.75) is 26.4 Å². The summed E-state index contributed by atoms with van der Waals surface area (Å²) in [5.74, 6) is -3.12. The summed E-state index contributed by atoms with van der Waals surface area (Å²) in [6.45, 7) is 5.63. The van der Waals surface area contributed by atoms with Gasteiger partial charge >= 0.3 is 6.01 Å². The second-order valence-corrected chi connectivity index (χ2v) is 9.13. The Hall–Kier alpha value is -3.21. The zero-order valence-electron chi connectivity index (χ0n) is 17.8. The molecule has 4 heterocycles. The van der Waals surface area contributed by atoms with E-state index in [0.717, 1.165) is 6.07 Å². The molecule has 1 aliphatic rings. The summed E-state index contributed by atoms with van der Waals surface area (Å²) < 4.78 is 53.8. The summed E-state index contributed by atoms with van der Waals surface area (Å²) >= 11 is 1.27. The number of ether oxygens (including phenoxy) is 1. The van der Waals surface area contributed by atoms with Crippen LogP contribution in [0.15, 0.2) is 34.7 Å². The highest BCUT2D eigenvalue weighted by Crippen LogP contribution is 2.39. The highest BCUT2D eigenvalue weighted by atomic mass is 32.1. The van der Waals surface area contributed by atoms with Crippen LogP contribution in [0.4, 0.5) is 19.2 Å². The van der Waals surface area contributed by atoms with E-state index in [1.54, 1.807) is 5.38 Å². The molecule has 2 atom stereocenters. The number of fused-ring (bicyclic) bond motifs is 1. The molecule has 4 aromatic rings. The van der Waals surface area contributed by atoms with Gasteiger partial charge in [0.05, 0.1) is 5.52 Å². The maximum absolute atomic E-state index is 14.4. The Labute approximate surface area is 191 Å². The zero-order valence-corrected chi connectivity index (χ0v) is 18.7. The Kier molecular flexibility index (Phi) is 5.65. The fraction of sp³-hybridized carbons (Fsp3) is 0.364. The highest BCUT2D eigenvalue weighted by molar-refractivity contribution is 7.18. The standard InChI is InChI=1S/C22H20F3N5O2S/c1-11(2)13-7-30(22-28-10-29-32-22)6-5-16(13)31-21-20-19(26-9-27-21)14(8-33-20)12-3-4-15(23)18(25)17(12)24/h3-4,8-11,13,16H,5-7H2,1-2H3. The average Bonchev–Trinajstić information content (AvgIpc) is 3.49. The molecular formula is C22H20F3N5O2S. The molecule has 1 aromatic carbocycles. The minimum atomic E-state index is -1.51. The van der Waals surface area contributed by atoms with Crippen molar-refractivity contribution in [2.75, 3.05) is 18.0 Å². The second kappa shape index (κ2) is 8.62. The van der Waals surface area contributed by atoms with Crippen LogP contribution in [-0.4, -0.2) is 39.3 Å². The van der Waals surface area contributed by atoms with Crippen LogP contribution < -0.4 is 9.64 Å². The monoisotopic (exact) mass is 475 g/mol. The molecule has 0 spiro atoms. The van der Waals surface area contributed by atoms with Gasteiger partial charge in [0, 0.05) is 41.9 Å². The fourth-order valence-corrected chi connectivity index (χ4v) is 5.16. The largest absolute Gasteiger partial charge is 0.473 e. The van der Waals surface area contributed by atoms with Gasteiger partial charge in [0.2, 0.25) is 5.88 Å². The van der Waals surface area contributed by atoms with Gasteiger partial charge in [0.1, 0.15) is 17.1 Å². The van der Waals surface area contributed by atoms with Crippen molar-refractivity contribution in [3.8, 4) is 17.0 Å². The van der Waals surface area contributed by atoms with Crippen LogP contribution in [0.2, 0.25) is 0 Å². The van der Waals surface area contributed by atoms with Crippen molar-refractivity contribution in [3.05, 3.63) is 47.6 Å². The Bertz CT molecular complexity index is 1280. The molecule has 5 rings (SSSR count). The first-order chi connectivity index (χ1) is 15.9. The third-order valence-electron chi connectivity index (χ3n) is 5.98. The summed E-state index contributed by atoms with van der Waals surface area (Å²) in [7, 11) is 0. The number of benzene rings is 1. The molecule has 0 saturated carbocycles. The molecule has 7 nitrogen and oxygen atoms in total. The SMILES string of the molecule is CC(C)C1CN(c2ncno2)CCC1Oc1ncnc2c(-c3ccc(F)c(F)c3F)csc12. The maximum Gasteiger partial charge on any atom is 0.323 e. The molecule has 1 fully saturated rings. The van der Waals surface area contributed by atoms with Crippen molar-refractivity contribution in [2.24, 2.45) is 11.8 Å². The van der Waals surface area contributed by atoms with Crippen LogP contribution in [0.3, 0.4) is 0 Å². The molecule has 1 aliphatic heterocycles. The molecule has 0 bridgehead atoms. The summed E-state index contributed by atoms with van der Waals surface area (Å²) in [6.07, 6.45) is 3.31. The van der Waals surface area contributed by atoms with E-state index >= 15 is 0 Å². The lowest BCUT2D eigenvalue weighted by Gasteiger charge is -2.39. The Morgan fingerprint density at radius 1 is 1.09 bits per heavy atom. The molecule has 0 aliphatic carbocycles. The van der Waals surface area contributed by atoms with E-state index in [0.29, 0.717) is 53.1 Å². The number of rotatable bonds is 5. The van der Waals surface area contributed by atoms with Crippen LogP contribution >= 0.6 is 11.3 Å². The smallest absolute Gasteiger partial charge is 0.323 e. The van der Waals surface area contributed by atoms with E-state index in [9.17, 15) is 13.2 Å². The van der Waals surface area contributed by atoms with Crippen LogP contribution in [0.1, 0.15) is 20.3 Å². The van der Waals surface area contributed by atoms with Crippen molar-refractivity contribution in [1.82, 2.24) is 20.1 Å². The lowest BCUT2D eigenvalue weighted by Crippen LogP contribution is -2.48. The zero-order chi connectivity index (χ0) is 23.1. The van der Waals surface area contributed by atoms with Gasteiger partial charge in [-0.2, -0.15) is 4.98 Å². The fourth-order valence-electron chi connectivity index (χ4n) is 4.21. The third-order valence-corrected chi connectivity index (χ3v) is 6.94. The van der Waals surface area contributed by atoms with Crippen LogP contribution in [0, 0.1) is 29.3 Å². The summed E-state index contributed by atoms with van der Waals surface area (Å²) in [5, 5.41) is 5.34. The van der Waals surface area contributed by atoms with Gasteiger partial charge in [-0.25, -0.2) is 23.1 Å². The second-order valence-electron chi connectivity index (χ2n) is 8.25. The minimum Gasteiger partial charge on any atom is -0.473 e. The average molecular weight is 475 g/mol. The van der Waals surface area contributed by atoms with Gasteiger partial charge in [-0.3, -0.25) is 0 Å². The van der Waals surface area contributed by atoms with E-state index in [-0.39, 0.29) is 17.6 Å². The first-order valence-corrected chi connectivity index (χ1v) is 11.4. The maximum atomic E-state index is 14.4. The molecule has 2 unspecified atom stereocenters. The number of thiophene rings is 1. The lowest BCUT2D eigenvalue weighted by atomic mass is 9.85. The molecule has 0 N–H and O–H groups in total. The van der Waals surface area contributed by atoms with E-state index in [2.05, 4.69) is 34.0 Å². The first kappa shape index (κ1) is 21.6. The van der Waals surface area contributed by atoms with E-state index < -0.39 is 17.5 Å². The van der Waals surface area contributed by atoms with Crippen molar-refractivity contribution in [3.63, 3.8) is 0 Å². The minimum absolute atomic E-state index is 0.0577. The molecule has 172 valence electrons. The van der Waals surface area contributed by atoms with E-state index in [1.165, 1.54) is 30.1 Å². The van der Waals surface area contributed by atoms with Crippen LogP contribution in [0.25, 0.3) is 21.3 Å². The molecule has 0 radical (unpaired) electrons. The number of hydrogen-bond acceptors (Lipinski definition) is 8. The van der Waals surface area contributed by atoms with Gasteiger partial charge in [0.15, 0.2) is 23.8 Å². The van der Waals surface area contributed by atoms with Crippen molar-refractivity contribution in [1.29, 1.82) is 0 Å². The summed E-state index contributed by atoms with van der Waals surface area (Å²) in [6, 6.07) is 2.60. The van der Waals surface area contributed by atoms with Crippen LogP contribution in [0.5, 0.6) is 5.88 Å². The van der Waals surface area contributed by atoms with E-state index in [4.69, 9.17) is 9.26 Å².